The van der Waals surface area contributed by atoms with E-state index in [1.54, 1.807) is 0 Å². The third-order valence-corrected chi connectivity index (χ3v) is 8.06. The van der Waals surface area contributed by atoms with E-state index < -0.39 is 51.1 Å². The van der Waals surface area contributed by atoms with Crippen LogP contribution >= 0.6 is 7.82 Å². The number of ether oxygens (including phenoxy) is 2. The van der Waals surface area contributed by atoms with E-state index in [9.17, 15) is 23.8 Å². The van der Waals surface area contributed by atoms with Gasteiger partial charge in [0, 0.05) is 12.8 Å². The molecular formula is C31H60NO10P. The second-order valence-corrected chi connectivity index (χ2v) is 12.8. The van der Waals surface area contributed by atoms with Crippen LogP contribution in [0.5, 0.6) is 0 Å². The Morgan fingerprint density at radius 1 is 0.628 bits per heavy atom. The highest BCUT2D eigenvalue weighted by molar-refractivity contribution is 7.47. The molecule has 4 N–H and O–H groups in total. The van der Waals surface area contributed by atoms with E-state index in [-0.39, 0.29) is 19.4 Å². The van der Waals surface area contributed by atoms with E-state index in [4.69, 9.17) is 24.8 Å². The maximum absolute atomic E-state index is 12.4. The zero-order valence-corrected chi connectivity index (χ0v) is 27.7. The summed E-state index contributed by atoms with van der Waals surface area (Å²) in [5, 5.41) is 8.77. The van der Waals surface area contributed by atoms with Crippen LogP contribution in [0, 0.1) is 0 Å². The number of phosphoric acid groups is 1. The second-order valence-electron chi connectivity index (χ2n) is 11.3. The number of esters is 2. The average Bonchev–Trinajstić information content (AvgIpc) is 2.97. The quantitative estimate of drug-likeness (QED) is 0.0398. The molecule has 0 aliphatic heterocycles. The molecule has 254 valence electrons. The summed E-state index contributed by atoms with van der Waals surface area (Å²) in [6, 6.07) is -1.51. The summed E-state index contributed by atoms with van der Waals surface area (Å²) in [5.41, 5.74) is 5.26. The number of nitrogens with two attached hydrogens (primary N) is 1. The molecule has 0 fully saturated rings. The van der Waals surface area contributed by atoms with Crippen LogP contribution in [-0.4, -0.2) is 59.9 Å². The Morgan fingerprint density at radius 2 is 1.05 bits per heavy atom. The minimum atomic E-state index is -4.68. The Hall–Kier alpha value is -1.52. The van der Waals surface area contributed by atoms with Crippen molar-refractivity contribution in [3.63, 3.8) is 0 Å². The fourth-order valence-electron chi connectivity index (χ4n) is 4.39. The van der Waals surface area contributed by atoms with Crippen LogP contribution in [0.2, 0.25) is 0 Å². The molecule has 0 aliphatic carbocycles. The number of carbonyl (C=O) groups excluding carboxylic acids is 2. The van der Waals surface area contributed by atoms with Gasteiger partial charge in [-0.25, -0.2) is 4.57 Å². The number of aliphatic carboxylic acids is 1. The molecule has 0 aromatic heterocycles. The van der Waals surface area contributed by atoms with E-state index in [0.717, 1.165) is 25.7 Å². The van der Waals surface area contributed by atoms with E-state index in [2.05, 4.69) is 11.4 Å². The standard InChI is InChI=1S/C31H60NO10P/c1-3-5-7-8-9-10-11-12-13-14-15-16-17-18-19-20-21-23-30(34)42-27(24-39-29(33)22-6-4-2)25-40-43(37,38)41-26-28(32)31(35)36/h27-28H,3-26,32H2,1-2H3,(H,35,36)(H,37,38). The summed E-state index contributed by atoms with van der Waals surface area (Å²) in [7, 11) is -4.68. The van der Waals surface area contributed by atoms with Crippen LogP contribution in [0.15, 0.2) is 0 Å². The molecule has 3 unspecified atom stereocenters. The smallest absolute Gasteiger partial charge is 0.472 e. The van der Waals surface area contributed by atoms with Crippen molar-refractivity contribution in [2.24, 2.45) is 5.73 Å². The molecule has 43 heavy (non-hydrogen) atoms. The van der Waals surface area contributed by atoms with Gasteiger partial charge in [-0.05, 0) is 12.8 Å². The maximum Gasteiger partial charge on any atom is 0.472 e. The van der Waals surface area contributed by atoms with E-state index in [1.165, 1.54) is 83.5 Å². The number of hydrogen-bond acceptors (Lipinski definition) is 9. The van der Waals surface area contributed by atoms with Crippen molar-refractivity contribution in [1.29, 1.82) is 0 Å². The molecule has 0 heterocycles. The fourth-order valence-corrected chi connectivity index (χ4v) is 5.17. The summed E-state index contributed by atoms with van der Waals surface area (Å²) in [6.45, 7) is 2.50. The lowest BCUT2D eigenvalue weighted by Gasteiger charge is -2.20. The molecule has 0 saturated carbocycles. The predicted octanol–water partition coefficient (Wildman–Crippen LogP) is 7.22. The monoisotopic (exact) mass is 637 g/mol. The van der Waals surface area contributed by atoms with Gasteiger partial charge in [0.1, 0.15) is 12.6 Å². The van der Waals surface area contributed by atoms with Crippen molar-refractivity contribution in [3.05, 3.63) is 0 Å². The molecule has 0 rings (SSSR count). The van der Waals surface area contributed by atoms with Gasteiger partial charge in [0.05, 0.1) is 13.2 Å². The van der Waals surface area contributed by atoms with E-state index >= 15 is 0 Å². The molecule has 0 bridgehead atoms. The van der Waals surface area contributed by atoms with E-state index in [0.29, 0.717) is 12.8 Å². The Balaban J connectivity index is 4.14. The van der Waals surface area contributed by atoms with Crippen LogP contribution in [0.4, 0.5) is 0 Å². The van der Waals surface area contributed by atoms with Gasteiger partial charge in [0.15, 0.2) is 6.10 Å². The molecule has 0 aromatic rings. The van der Waals surface area contributed by atoms with E-state index in [1.807, 2.05) is 6.92 Å². The summed E-state index contributed by atoms with van der Waals surface area (Å²) in [4.78, 5) is 44.8. The number of hydrogen-bond donors (Lipinski definition) is 3. The molecule has 0 spiro atoms. The molecule has 12 heteroatoms. The molecular weight excluding hydrogens is 577 g/mol. The fraction of sp³-hybridized carbons (Fsp3) is 0.903. The lowest BCUT2D eigenvalue weighted by molar-refractivity contribution is -0.161. The first-order valence-electron chi connectivity index (χ1n) is 16.6. The lowest BCUT2D eigenvalue weighted by atomic mass is 10.0. The summed E-state index contributed by atoms with van der Waals surface area (Å²) in [5.74, 6) is -2.41. The molecule has 0 saturated heterocycles. The Kier molecular flexibility index (Phi) is 27.0. The first-order chi connectivity index (χ1) is 20.6. The van der Waals surface area contributed by atoms with Crippen molar-refractivity contribution in [1.82, 2.24) is 0 Å². The SMILES string of the molecule is CCCCCCCCCCCCCCCCCCCC(=O)OC(COC(=O)CCCC)COP(=O)(O)OCC(N)C(=O)O. The first-order valence-corrected chi connectivity index (χ1v) is 18.1. The van der Waals surface area contributed by atoms with Crippen molar-refractivity contribution in [3.8, 4) is 0 Å². The molecule has 0 aliphatic rings. The van der Waals surface area contributed by atoms with Gasteiger partial charge in [-0.1, -0.05) is 123 Å². The highest BCUT2D eigenvalue weighted by Gasteiger charge is 2.28. The van der Waals surface area contributed by atoms with Crippen molar-refractivity contribution < 1.29 is 47.5 Å². The molecule has 0 radical (unpaired) electrons. The number of phosphoric ester groups is 1. The number of unbranched alkanes of at least 4 members (excludes halogenated alkanes) is 17. The van der Waals surface area contributed by atoms with Gasteiger partial charge in [-0.15, -0.1) is 0 Å². The molecule has 0 aromatic carbocycles. The van der Waals surface area contributed by atoms with Crippen LogP contribution in [0.1, 0.15) is 149 Å². The number of carboxylic acid groups (broad SMARTS) is 1. The normalized spacial score (nSPS) is 14.1. The zero-order chi connectivity index (χ0) is 32.2. The predicted molar refractivity (Wildman–Crippen MR) is 166 cm³/mol. The Bertz CT molecular complexity index is 767. The number of rotatable bonds is 31. The highest BCUT2D eigenvalue weighted by atomic mass is 31.2. The van der Waals surface area contributed by atoms with Gasteiger partial charge >= 0.3 is 25.7 Å². The third kappa shape index (κ3) is 27.7. The average molecular weight is 638 g/mol. The third-order valence-electron chi connectivity index (χ3n) is 7.11. The Labute approximate surface area is 259 Å². The number of carboxylic acids is 1. The van der Waals surface area contributed by atoms with Crippen LogP contribution < -0.4 is 5.73 Å². The van der Waals surface area contributed by atoms with Crippen LogP contribution in [0.3, 0.4) is 0 Å². The topological polar surface area (TPSA) is 172 Å². The Morgan fingerprint density at radius 3 is 1.51 bits per heavy atom. The minimum Gasteiger partial charge on any atom is -0.480 e. The van der Waals surface area contributed by atoms with Gasteiger partial charge in [0.25, 0.3) is 0 Å². The molecule has 3 atom stereocenters. The summed E-state index contributed by atoms with van der Waals surface area (Å²) < 4.78 is 32.0. The molecule has 0 amide bonds. The first kappa shape index (κ1) is 41.5. The van der Waals surface area contributed by atoms with Crippen LogP contribution in [0.25, 0.3) is 0 Å². The van der Waals surface area contributed by atoms with Crippen LogP contribution in [-0.2, 0) is 37.5 Å². The highest BCUT2D eigenvalue weighted by Crippen LogP contribution is 2.43. The van der Waals surface area contributed by atoms with Crippen molar-refractivity contribution in [2.45, 2.75) is 161 Å². The minimum absolute atomic E-state index is 0.166. The lowest BCUT2D eigenvalue weighted by Crippen LogP contribution is -2.34. The molecule has 11 nitrogen and oxygen atoms in total. The second kappa shape index (κ2) is 28.0. The maximum atomic E-state index is 12.4. The van der Waals surface area contributed by atoms with Crippen molar-refractivity contribution in [2.75, 3.05) is 19.8 Å². The van der Waals surface area contributed by atoms with Gasteiger partial charge in [0.2, 0.25) is 0 Å². The van der Waals surface area contributed by atoms with Crippen molar-refractivity contribution >= 4 is 25.7 Å². The van der Waals surface area contributed by atoms with Gasteiger partial charge in [-0.3, -0.25) is 23.4 Å². The zero-order valence-electron chi connectivity index (χ0n) is 26.8. The van der Waals surface area contributed by atoms with Gasteiger partial charge < -0.3 is 25.2 Å². The number of carbonyl (C=O) groups is 3. The summed E-state index contributed by atoms with van der Waals surface area (Å²) in [6.07, 6.45) is 21.7. The summed E-state index contributed by atoms with van der Waals surface area (Å²) >= 11 is 0. The largest absolute Gasteiger partial charge is 0.480 e. The van der Waals surface area contributed by atoms with Gasteiger partial charge in [-0.2, -0.15) is 0 Å².